The van der Waals surface area contributed by atoms with Gasteiger partial charge < -0.3 is 9.13 Å². The van der Waals surface area contributed by atoms with Gasteiger partial charge >= 0.3 is 0 Å². The third-order valence-corrected chi connectivity index (χ3v) is 23.3. The lowest BCUT2D eigenvalue weighted by Gasteiger charge is -2.21. The highest BCUT2D eigenvalue weighted by molar-refractivity contribution is 6.13. The summed E-state index contributed by atoms with van der Waals surface area (Å²) in [4.78, 5) is 11.7. The fraction of sp³-hybridized carbons (Fsp3) is 0.0947. The molecule has 0 saturated carbocycles. The first-order chi connectivity index (χ1) is 48.8. The van der Waals surface area contributed by atoms with Gasteiger partial charge in [-0.3, -0.25) is 4.57 Å². The Morgan fingerprint density at radius 3 is 1.02 bits per heavy atom. The van der Waals surface area contributed by atoms with Crippen LogP contribution in [0.25, 0.3) is 172 Å². The molecule has 18 aromatic rings. The van der Waals surface area contributed by atoms with Gasteiger partial charge in [0.2, 0.25) is 5.95 Å². The number of rotatable bonds is 7. The molecule has 0 saturated heterocycles. The monoisotopic (exact) mass is 1280 g/mol. The van der Waals surface area contributed by atoms with Crippen LogP contribution in [0.1, 0.15) is 74.9 Å². The Bertz CT molecular complexity index is 6630. The van der Waals surface area contributed by atoms with E-state index in [1.54, 1.807) is 0 Å². The van der Waals surface area contributed by atoms with Crippen molar-refractivity contribution in [2.75, 3.05) is 0 Å². The minimum absolute atomic E-state index is 0.0736. The second-order valence-corrected chi connectivity index (χ2v) is 29.7. The van der Waals surface area contributed by atoms with Crippen LogP contribution in [0.5, 0.6) is 0 Å². The lowest BCUT2D eigenvalue weighted by Crippen LogP contribution is -2.14. The van der Waals surface area contributed by atoms with Crippen LogP contribution in [0.15, 0.2) is 297 Å². The van der Waals surface area contributed by atoms with Gasteiger partial charge in [0.05, 0.1) is 44.3 Å². The molecule has 0 spiro atoms. The van der Waals surface area contributed by atoms with Gasteiger partial charge in [0.1, 0.15) is 0 Å². The molecule has 14 aromatic carbocycles. The van der Waals surface area contributed by atoms with Crippen molar-refractivity contribution >= 4 is 76.3 Å². The quantitative estimate of drug-likeness (QED) is 0.160. The van der Waals surface area contributed by atoms with E-state index < -0.39 is 0 Å². The summed E-state index contributed by atoms with van der Waals surface area (Å²) in [5.74, 6) is 0.609. The molecule has 0 N–H and O–H groups in total. The lowest BCUT2D eigenvalue weighted by atomic mass is 9.82. The predicted octanol–water partition coefficient (Wildman–Crippen LogP) is 24.5. The SMILES string of the molecule is CC1(C)c2ccccc2-c2cc(-c3ccc4c5ccccc5n(-c5cccc(-c6nc(-n7c8ccccc8c8ccc(-c9ccc%10c(c9)-c9ccccc9C%10(C)C)cc87)nc7ccc(-n8c9ccccc9c9ccc(-c%10ccc%11c(c%10)-c%10ccccc%10C%11(C)C)cc98)cc67)c5)c4c3)ccc21. The summed E-state index contributed by atoms with van der Waals surface area (Å²) >= 11 is 0. The first-order valence-electron chi connectivity index (χ1n) is 35.1. The summed E-state index contributed by atoms with van der Waals surface area (Å²) in [5, 5.41) is 8.06. The molecular formula is C95H67N5. The van der Waals surface area contributed by atoms with Crippen molar-refractivity contribution in [3.05, 3.63) is 331 Å². The van der Waals surface area contributed by atoms with E-state index in [1.807, 2.05) is 0 Å². The number of fused-ring (bicyclic) bond motifs is 19. The fourth-order valence-electron chi connectivity index (χ4n) is 18.3. The molecule has 4 aromatic heterocycles. The number of para-hydroxylation sites is 3. The van der Waals surface area contributed by atoms with E-state index in [9.17, 15) is 0 Å². The summed E-state index contributed by atoms with van der Waals surface area (Å²) in [6.45, 7) is 14.1. The van der Waals surface area contributed by atoms with Gasteiger partial charge in [0.25, 0.3) is 0 Å². The van der Waals surface area contributed by atoms with E-state index in [0.717, 1.165) is 83.0 Å². The highest BCUT2D eigenvalue weighted by atomic mass is 15.2. The van der Waals surface area contributed by atoms with Crippen LogP contribution >= 0.6 is 0 Å². The number of nitrogens with zero attached hydrogens (tertiary/aromatic N) is 5. The van der Waals surface area contributed by atoms with E-state index in [0.29, 0.717) is 5.95 Å². The molecule has 0 aliphatic heterocycles. The van der Waals surface area contributed by atoms with E-state index >= 15 is 0 Å². The molecule has 0 bridgehead atoms. The maximum Gasteiger partial charge on any atom is 0.235 e. The standard InChI is InChI=1S/C95H67N5/c1-93(2)78-28-13-7-22-65(78)74-49-56(37-44-81(74)93)59-34-41-71-68-25-10-16-31-85(68)98(88(71)52-59)63-21-19-20-62(48-63)91-77-55-64(99-86-32-17-11-26-69(86)72-42-35-60(53-89(72)99)57-38-45-82-75(50-57)66-23-8-14-29-79(66)94(82,3)4)40-47-84(77)96-92(97-91)100-87-33-18-12-27-70(87)73-43-36-61(54-90(73)100)58-39-46-83-76(51-58)67-24-9-15-30-80(67)95(83,5)6/h7-55H,1-6H3. The molecule has 3 aliphatic rings. The van der Waals surface area contributed by atoms with Gasteiger partial charge in [-0.15, -0.1) is 0 Å². The van der Waals surface area contributed by atoms with Crippen molar-refractivity contribution in [3.8, 4) is 95.3 Å². The zero-order valence-corrected chi connectivity index (χ0v) is 56.5. The Labute approximate surface area is 580 Å². The maximum atomic E-state index is 5.95. The molecule has 21 rings (SSSR count). The molecule has 3 aliphatic carbocycles. The average molecular weight is 1280 g/mol. The molecule has 0 atom stereocenters. The smallest absolute Gasteiger partial charge is 0.235 e. The van der Waals surface area contributed by atoms with Crippen molar-refractivity contribution < 1.29 is 0 Å². The molecule has 100 heavy (non-hydrogen) atoms. The second kappa shape index (κ2) is 20.5. The molecule has 0 amide bonds. The summed E-state index contributed by atoms with van der Waals surface area (Å²) in [6.07, 6.45) is 0. The van der Waals surface area contributed by atoms with E-state index in [-0.39, 0.29) is 16.2 Å². The van der Waals surface area contributed by atoms with Crippen LogP contribution in [-0.2, 0) is 16.2 Å². The van der Waals surface area contributed by atoms with Crippen molar-refractivity contribution in [1.82, 2.24) is 23.7 Å². The van der Waals surface area contributed by atoms with Crippen molar-refractivity contribution in [2.45, 2.75) is 57.8 Å². The zero-order chi connectivity index (χ0) is 66.7. The molecule has 5 heteroatoms. The molecule has 472 valence electrons. The molecule has 0 unspecified atom stereocenters. The number of aromatic nitrogens is 5. The van der Waals surface area contributed by atoms with Crippen LogP contribution in [0.2, 0.25) is 0 Å². The number of benzene rings is 14. The number of hydrogen-bond donors (Lipinski definition) is 0. The Kier molecular flexibility index (Phi) is 11.6. The third kappa shape index (κ3) is 7.94. The van der Waals surface area contributed by atoms with Gasteiger partial charge in [0.15, 0.2) is 0 Å². The Morgan fingerprint density at radius 1 is 0.220 bits per heavy atom. The van der Waals surface area contributed by atoms with Crippen LogP contribution in [0.4, 0.5) is 0 Å². The number of hydrogen-bond acceptors (Lipinski definition) is 2. The normalized spacial score (nSPS) is 14.3. The van der Waals surface area contributed by atoms with Gasteiger partial charge in [-0.1, -0.05) is 254 Å². The lowest BCUT2D eigenvalue weighted by molar-refractivity contribution is 0.660. The highest BCUT2D eigenvalue weighted by Crippen LogP contribution is 2.54. The topological polar surface area (TPSA) is 40.6 Å². The molecule has 4 heterocycles. The van der Waals surface area contributed by atoms with Gasteiger partial charge in [-0.25, -0.2) is 9.97 Å². The fourth-order valence-corrected chi connectivity index (χ4v) is 18.3. The van der Waals surface area contributed by atoms with Gasteiger partial charge in [-0.2, -0.15) is 0 Å². The predicted molar refractivity (Wildman–Crippen MR) is 417 cm³/mol. The highest BCUT2D eigenvalue weighted by Gasteiger charge is 2.38. The first-order valence-corrected chi connectivity index (χ1v) is 35.1. The first kappa shape index (κ1) is 56.9. The molecule has 0 fully saturated rings. The minimum Gasteiger partial charge on any atom is -0.309 e. The van der Waals surface area contributed by atoms with Crippen LogP contribution in [0, 0.1) is 0 Å². The zero-order valence-electron chi connectivity index (χ0n) is 56.5. The summed E-state index contributed by atoms with van der Waals surface area (Å²) in [6, 6.07) is 111. The Balaban J connectivity index is 0.772. The van der Waals surface area contributed by atoms with Crippen LogP contribution < -0.4 is 0 Å². The van der Waals surface area contributed by atoms with Gasteiger partial charge in [-0.05, 0) is 185 Å². The van der Waals surface area contributed by atoms with Crippen molar-refractivity contribution in [3.63, 3.8) is 0 Å². The summed E-state index contributed by atoms with van der Waals surface area (Å²) in [7, 11) is 0. The third-order valence-electron chi connectivity index (χ3n) is 23.3. The molecule has 0 radical (unpaired) electrons. The second-order valence-electron chi connectivity index (χ2n) is 29.7. The van der Waals surface area contributed by atoms with E-state index in [4.69, 9.17) is 9.97 Å². The van der Waals surface area contributed by atoms with Crippen LogP contribution in [-0.4, -0.2) is 23.7 Å². The Hall–Kier alpha value is -12.2. The Morgan fingerprint density at radius 2 is 0.570 bits per heavy atom. The van der Waals surface area contributed by atoms with Crippen molar-refractivity contribution in [2.24, 2.45) is 0 Å². The van der Waals surface area contributed by atoms with Crippen LogP contribution in [0.3, 0.4) is 0 Å². The largest absolute Gasteiger partial charge is 0.309 e. The van der Waals surface area contributed by atoms with E-state index in [2.05, 4.69) is 352 Å². The minimum atomic E-state index is -0.0873. The molecular weight excluding hydrogens is 1210 g/mol. The average Bonchev–Trinajstić information content (AvgIpc) is 1.57. The van der Waals surface area contributed by atoms with Gasteiger partial charge in [0, 0.05) is 70.9 Å². The summed E-state index contributed by atoms with van der Waals surface area (Å²) < 4.78 is 7.22. The van der Waals surface area contributed by atoms with E-state index in [1.165, 1.54) is 116 Å². The van der Waals surface area contributed by atoms with Crippen molar-refractivity contribution in [1.29, 1.82) is 0 Å². The molecule has 5 nitrogen and oxygen atoms in total. The summed E-state index contributed by atoms with van der Waals surface area (Å²) in [5.41, 5.74) is 34.4. The maximum absolute atomic E-state index is 5.95.